The van der Waals surface area contributed by atoms with E-state index in [4.69, 9.17) is 9.47 Å². The predicted octanol–water partition coefficient (Wildman–Crippen LogP) is 2.75. The number of epoxide rings is 2. The predicted molar refractivity (Wildman–Crippen MR) is 70.0 cm³/mol. The third kappa shape index (κ3) is 1.69. The summed E-state index contributed by atoms with van der Waals surface area (Å²) in [6, 6.07) is 0. The smallest absolute Gasteiger partial charge is 0.338 e. The van der Waals surface area contributed by atoms with Crippen molar-refractivity contribution in [2.24, 2.45) is 5.41 Å². The second-order valence-corrected chi connectivity index (χ2v) is 6.89. The van der Waals surface area contributed by atoms with Crippen molar-refractivity contribution in [3.63, 3.8) is 0 Å². The second kappa shape index (κ2) is 3.95. The lowest BCUT2D eigenvalue weighted by molar-refractivity contribution is -0.142. The largest absolute Gasteiger partial charge is 0.479 e. The molecule has 0 aromatic heterocycles. The van der Waals surface area contributed by atoms with E-state index in [1.165, 1.54) is 0 Å². The van der Waals surface area contributed by atoms with Crippen molar-refractivity contribution in [3.05, 3.63) is 0 Å². The zero-order chi connectivity index (χ0) is 13.9. The molecule has 5 unspecified atom stereocenters. The zero-order valence-corrected chi connectivity index (χ0v) is 12.1. The van der Waals surface area contributed by atoms with E-state index in [1.54, 1.807) is 6.92 Å². The molecular weight excluding hydrogens is 244 g/mol. The fourth-order valence-corrected chi connectivity index (χ4v) is 4.24. The second-order valence-electron chi connectivity index (χ2n) is 6.89. The molecule has 1 N–H and O–H groups in total. The first-order chi connectivity index (χ1) is 8.88. The Morgan fingerprint density at radius 3 is 2.63 bits per heavy atom. The lowest BCUT2D eigenvalue weighted by Gasteiger charge is -2.39. The summed E-state index contributed by atoms with van der Waals surface area (Å²) in [5.74, 6) is -0.816. The van der Waals surface area contributed by atoms with E-state index >= 15 is 0 Å². The van der Waals surface area contributed by atoms with Crippen molar-refractivity contribution in [2.45, 2.75) is 82.7 Å². The maximum atomic E-state index is 11.6. The van der Waals surface area contributed by atoms with Crippen molar-refractivity contribution in [1.82, 2.24) is 0 Å². The highest BCUT2D eigenvalue weighted by Gasteiger charge is 2.79. The average Bonchev–Trinajstić information content (AvgIpc) is 3.22. The van der Waals surface area contributed by atoms with Gasteiger partial charge in [0.2, 0.25) is 0 Å². The maximum Gasteiger partial charge on any atom is 0.338 e. The van der Waals surface area contributed by atoms with Crippen LogP contribution >= 0.6 is 0 Å². The molecule has 0 spiro atoms. The molecule has 19 heavy (non-hydrogen) atoms. The van der Waals surface area contributed by atoms with Gasteiger partial charge >= 0.3 is 5.97 Å². The van der Waals surface area contributed by atoms with E-state index in [2.05, 4.69) is 13.8 Å². The van der Waals surface area contributed by atoms with Gasteiger partial charge in [0.05, 0.1) is 12.2 Å². The molecule has 4 nitrogen and oxygen atoms in total. The van der Waals surface area contributed by atoms with Gasteiger partial charge in [0, 0.05) is 5.41 Å². The van der Waals surface area contributed by atoms with Gasteiger partial charge in [-0.1, -0.05) is 26.7 Å². The summed E-state index contributed by atoms with van der Waals surface area (Å²) in [7, 11) is 0. The Hall–Kier alpha value is -0.610. The summed E-state index contributed by atoms with van der Waals surface area (Å²) >= 11 is 0. The van der Waals surface area contributed by atoms with Crippen LogP contribution in [-0.4, -0.2) is 34.5 Å². The van der Waals surface area contributed by atoms with Gasteiger partial charge in [-0.05, 0) is 32.6 Å². The first-order valence-electron chi connectivity index (χ1n) is 7.47. The summed E-state index contributed by atoms with van der Waals surface area (Å²) in [6.45, 7) is 6.09. The molecule has 4 heteroatoms. The minimum Gasteiger partial charge on any atom is -0.479 e. The summed E-state index contributed by atoms with van der Waals surface area (Å²) in [5.41, 5.74) is -1.55. The van der Waals surface area contributed by atoms with Gasteiger partial charge in [0.25, 0.3) is 0 Å². The molecule has 0 amide bonds. The Labute approximate surface area is 114 Å². The number of rotatable bonds is 5. The van der Waals surface area contributed by atoms with Gasteiger partial charge < -0.3 is 14.6 Å². The highest BCUT2D eigenvalue weighted by Crippen LogP contribution is 2.66. The Bertz CT molecular complexity index is 409. The summed E-state index contributed by atoms with van der Waals surface area (Å²) in [5, 5.41) is 9.51. The Balaban J connectivity index is 1.86. The van der Waals surface area contributed by atoms with Crippen LogP contribution in [0.1, 0.15) is 59.3 Å². The minimum absolute atomic E-state index is 0.0625. The van der Waals surface area contributed by atoms with Crippen LogP contribution in [0.3, 0.4) is 0 Å². The van der Waals surface area contributed by atoms with Crippen LogP contribution in [0, 0.1) is 5.41 Å². The first-order valence-corrected chi connectivity index (χ1v) is 7.47. The molecule has 108 valence electrons. The number of ether oxygens (including phenoxy) is 2. The quantitative estimate of drug-likeness (QED) is 0.779. The number of carboxylic acid groups (broad SMARTS) is 1. The Morgan fingerprint density at radius 1 is 1.37 bits per heavy atom. The third-order valence-corrected chi connectivity index (χ3v) is 5.69. The zero-order valence-electron chi connectivity index (χ0n) is 12.1. The number of carbonyl (C=O) groups is 1. The van der Waals surface area contributed by atoms with E-state index in [0.29, 0.717) is 12.2 Å². The topological polar surface area (TPSA) is 62.4 Å². The van der Waals surface area contributed by atoms with Crippen molar-refractivity contribution in [3.8, 4) is 0 Å². The lowest BCUT2D eigenvalue weighted by Crippen LogP contribution is -2.46. The van der Waals surface area contributed by atoms with Crippen LogP contribution in [-0.2, 0) is 14.3 Å². The molecule has 5 atom stereocenters. The number of aliphatic carboxylic acids is 1. The van der Waals surface area contributed by atoms with Crippen molar-refractivity contribution in [2.75, 3.05) is 0 Å². The first kappa shape index (κ1) is 13.4. The SMILES string of the molecule is CCCCC1(C2(C)CCC3OC3C2)OC1(C)C(=O)O. The van der Waals surface area contributed by atoms with E-state index in [1.807, 2.05) is 0 Å². The summed E-state index contributed by atoms with van der Waals surface area (Å²) in [4.78, 5) is 11.6. The van der Waals surface area contributed by atoms with Crippen LogP contribution < -0.4 is 0 Å². The fourth-order valence-electron chi connectivity index (χ4n) is 4.24. The molecule has 2 aliphatic heterocycles. The molecule has 0 aromatic rings. The van der Waals surface area contributed by atoms with Gasteiger partial charge in [-0.15, -0.1) is 0 Å². The monoisotopic (exact) mass is 268 g/mol. The van der Waals surface area contributed by atoms with Gasteiger partial charge in [0.15, 0.2) is 5.60 Å². The number of hydrogen-bond donors (Lipinski definition) is 1. The number of hydrogen-bond acceptors (Lipinski definition) is 3. The molecule has 2 heterocycles. The standard InChI is InChI=1S/C15H24O4/c1-4-5-7-15(14(3,19-15)12(16)17)13(2)8-6-10-11(9-13)18-10/h10-11H,4-9H2,1-3H3,(H,16,17). The van der Waals surface area contributed by atoms with Gasteiger partial charge in [-0.3, -0.25) is 0 Å². The molecule has 0 aromatic carbocycles. The van der Waals surface area contributed by atoms with Crippen LogP contribution in [0.5, 0.6) is 0 Å². The van der Waals surface area contributed by atoms with Crippen LogP contribution in [0.2, 0.25) is 0 Å². The molecule has 3 rings (SSSR count). The number of carboxylic acids is 1. The van der Waals surface area contributed by atoms with Gasteiger partial charge in [-0.25, -0.2) is 4.79 Å². The minimum atomic E-state index is -1.00. The number of fused-ring (bicyclic) bond motifs is 1. The number of unbranched alkanes of at least 4 members (excludes halogenated alkanes) is 1. The van der Waals surface area contributed by atoms with Gasteiger partial charge in [0.1, 0.15) is 5.60 Å². The van der Waals surface area contributed by atoms with E-state index in [9.17, 15) is 9.90 Å². The summed E-state index contributed by atoms with van der Waals surface area (Å²) in [6.07, 6.45) is 6.73. The van der Waals surface area contributed by atoms with Crippen LogP contribution in [0.25, 0.3) is 0 Å². The average molecular weight is 268 g/mol. The van der Waals surface area contributed by atoms with E-state index in [-0.39, 0.29) is 5.41 Å². The Morgan fingerprint density at radius 2 is 2.11 bits per heavy atom. The normalized spacial score (nSPS) is 51.5. The molecule has 1 saturated carbocycles. The molecule has 1 aliphatic carbocycles. The van der Waals surface area contributed by atoms with Crippen molar-refractivity contribution < 1.29 is 19.4 Å². The highest BCUT2D eigenvalue weighted by atomic mass is 16.7. The Kier molecular flexibility index (Phi) is 2.78. The molecule has 0 radical (unpaired) electrons. The fraction of sp³-hybridized carbons (Fsp3) is 0.933. The molecule has 3 fully saturated rings. The molecule has 2 saturated heterocycles. The summed E-state index contributed by atoms with van der Waals surface area (Å²) < 4.78 is 11.5. The van der Waals surface area contributed by atoms with Crippen LogP contribution in [0.4, 0.5) is 0 Å². The molecule has 0 bridgehead atoms. The van der Waals surface area contributed by atoms with Crippen molar-refractivity contribution >= 4 is 5.97 Å². The molecular formula is C15H24O4. The highest BCUT2D eigenvalue weighted by molar-refractivity contribution is 5.83. The van der Waals surface area contributed by atoms with Crippen molar-refractivity contribution in [1.29, 1.82) is 0 Å². The lowest BCUT2D eigenvalue weighted by atomic mass is 9.61. The molecule has 3 aliphatic rings. The van der Waals surface area contributed by atoms with Gasteiger partial charge in [-0.2, -0.15) is 0 Å². The van der Waals surface area contributed by atoms with Crippen LogP contribution in [0.15, 0.2) is 0 Å². The maximum absolute atomic E-state index is 11.6. The van der Waals surface area contributed by atoms with E-state index in [0.717, 1.165) is 38.5 Å². The third-order valence-electron chi connectivity index (χ3n) is 5.69. The van der Waals surface area contributed by atoms with E-state index < -0.39 is 17.2 Å².